The summed E-state index contributed by atoms with van der Waals surface area (Å²) in [4.78, 5) is 36.2. The zero-order chi connectivity index (χ0) is 22.0. The van der Waals surface area contributed by atoms with Crippen molar-refractivity contribution in [3.63, 3.8) is 0 Å². The normalized spacial score (nSPS) is 19.6. The maximum absolute atomic E-state index is 14.1. The van der Waals surface area contributed by atoms with E-state index in [2.05, 4.69) is 14.7 Å². The zero-order valence-corrected chi connectivity index (χ0v) is 17.7. The smallest absolute Gasteiger partial charge is 0.356 e. The molecule has 0 N–H and O–H groups in total. The van der Waals surface area contributed by atoms with E-state index >= 15 is 0 Å². The number of pyridine rings is 2. The van der Waals surface area contributed by atoms with Gasteiger partial charge >= 0.3 is 5.97 Å². The molecule has 4 heterocycles. The van der Waals surface area contributed by atoms with Crippen molar-refractivity contribution in [2.45, 2.75) is 31.4 Å². The molecule has 2 aliphatic rings. The van der Waals surface area contributed by atoms with E-state index in [1.165, 1.54) is 31.6 Å². The monoisotopic (exact) mass is 448 g/mol. The molecule has 0 saturated carbocycles. The molecule has 1 atom stereocenters. The van der Waals surface area contributed by atoms with E-state index in [9.17, 15) is 14.0 Å². The first-order valence-corrected chi connectivity index (χ1v) is 10.4. The molecular weight excluding hydrogens is 427 g/mol. The van der Waals surface area contributed by atoms with E-state index in [-0.39, 0.29) is 22.7 Å². The highest BCUT2D eigenvalue weighted by molar-refractivity contribution is 6.30. The van der Waals surface area contributed by atoms with E-state index in [0.29, 0.717) is 37.6 Å². The number of halogens is 2. The summed E-state index contributed by atoms with van der Waals surface area (Å²) >= 11 is 5.78. The average Bonchev–Trinajstić information content (AvgIpc) is 3.14. The highest BCUT2D eigenvalue weighted by atomic mass is 35.5. The standard InChI is InChI=1S/C21H22ClFN4O4/c1-30-21(29)17-3-2-15(12-24-17)31-18-6-9-27(20(18)28)14-4-7-26(8-5-14)19-16(23)10-13(22)11-25-19/h2-3,10-12,14,18H,4-9H2,1H3/t18-/m0/s1. The van der Waals surface area contributed by atoms with Gasteiger partial charge < -0.3 is 19.3 Å². The van der Waals surface area contributed by atoms with Gasteiger partial charge in [0.1, 0.15) is 11.4 Å². The zero-order valence-electron chi connectivity index (χ0n) is 17.0. The van der Waals surface area contributed by atoms with Gasteiger partial charge in [0, 0.05) is 38.3 Å². The predicted octanol–water partition coefficient (Wildman–Crippen LogP) is 2.70. The largest absolute Gasteiger partial charge is 0.479 e. The van der Waals surface area contributed by atoms with Gasteiger partial charge in [0.05, 0.1) is 18.3 Å². The molecule has 4 rings (SSSR count). The van der Waals surface area contributed by atoms with Crippen LogP contribution < -0.4 is 9.64 Å². The molecule has 2 aromatic heterocycles. The molecular formula is C21H22ClFN4O4. The summed E-state index contributed by atoms with van der Waals surface area (Å²) in [6, 6.07) is 4.43. The Balaban J connectivity index is 1.33. The average molecular weight is 449 g/mol. The number of esters is 1. The van der Waals surface area contributed by atoms with Crippen LogP contribution in [-0.4, -0.2) is 65.6 Å². The van der Waals surface area contributed by atoms with E-state index in [1.54, 1.807) is 6.07 Å². The first-order valence-electron chi connectivity index (χ1n) is 10.0. The van der Waals surface area contributed by atoms with E-state index in [4.69, 9.17) is 16.3 Å². The molecule has 2 saturated heterocycles. The quantitative estimate of drug-likeness (QED) is 0.650. The lowest BCUT2D eigenvalue weighted by molar-refractivity contribution is -0.135. The summed E-state index contributed by atoms with van der Waals surface area (Å²) in [6.07, 6.45) is 4.28. The summed E-state index contributed by atoms with van der Waals surface area (Å²) in [7, 11) is 1.28. The third kappa shape index (κ3) is 4.56. The molecule has 1 amide bonds. The minimum atomic E-state index is -0.584. The lowest BCUT2D eigenvalue weighted by Gasteiger charge is -2.37. The van der Waals surface area contributed by atoms with E-state index in [0.717, 1.165) is 12.8 Å². The van der Waals surface area contributed by atoms with Gasteiger partial charge in [0.2, 0.25) is 0 Å². The molecule has 0 unspecified atom stereocenters. The van der Waals surface area contributed by atoms with Crippen LogP contribution in [0.25, 0.3) is 0 Å². The minimum Gasteiger partial charge on any atom is -0.479 e. The first kappa shape index (κ1) is 21.3. The number of aromatic nitrogens is 2. The predicted molar refractivity (Wildman–Crippen MR) is 111 cm³/mol. The summed E-state index contributed by atoms with van der Waals surface area (Å²) in [5, 5.41) is 0.264. The number of carbonyl (C=O) groups is 2. The molecule has 2 fully saturated rings. The summed E-state index contributed by atoms with van der Waals surface area (Å²) in [5.41, 5.74) is 0.174. The molecule has 0 bridgehead atoms. The van der Waals surface area contributed by atoms with Crippen molar-refractivity contribution in [2.24, 2.45) is 0 Å². The number of likely N-dealkylation sites (tertiary alicyclic amines) is 1. The van der Waals surface area contributed by atoms with Crippen molar-refractivity contribution < 1.29 is 23.5 Å². The van der Waals surface area contributed by atoms with Gasteiger partial charge in [-0.2, -0.15) is 0 Å². The van der Waals surface area contributed by atoms with Gasteiger partial charge in [-0.1, -0.05) is 11.6 Å². The number of anilines is 1. The first-order chi connectivity index (χ1) is 15.0. The molecule has 8 nitrogen and oxygen atoms in total. The second-order valence-electron chi connectivity index (χ2n) is 7.47. The van der Waals surface area contributed by atoms with Crippen LogP contribution in [0.1, 0.15) is 29.8 Å². The molecule has 2 aliphatic heterocycles. The van der Waals surface area contributed by atoms with Gasteiger partial charge in [0.25, 0.3) is 5.91 Å². The number of ether oxygens (including phenoxy) is 2. The number of amides is 1. The second-order valence-corrected chi connectivity index (χ2v) is 7.91. The van der Waals surface area contributed by atoms with Gasteiger partial charge in [-0.3, -0.25) is 4.79 Å². The maximum atomic E-state index is 14.1. The summed E-state index contributed by atoms with van der Waals surface area (Å²) < 4.78 is 24.6. The van der Waals surface area contributed by atoms with Crippen LogP contribution in [0, 0.1) is 5.82 Å². The Kier molecular flexibility index (Phi) is 6.22. The third-order valence-electron chi connectivity index (χ3n) is 5.59. The summed E-state index contributed by atoms with van der Waals surface area (Å²) in [6.45, 7) is 1.81. The number of methoxy groups -OCH3 is 1. The van der Waals surface area contributed by atoms with Crippen molar-refractivity contribution in [3.05, 3.63) is 47.1 Å². The number of nitrogens with zero attached hydrogens (tertiary/aromatic N) is 4. The Morgan fingerprint density at radius 2 is 1.94 bits per heavy atom. The van der Waals surface area contributed by atoms with Gasteiger partial charge in [-0.05, 0) is 31.0 Å². The van der Waals surface area contributed by atoms with E-state index in [1.807, 2.05) is 9.80 Å². The van der Waals surface area contributed by atoms with Crippen LogP contribution >= 0.6 is 11.6 Å². The van der Waals surface area contributed by atoms with Gasteiger partial charge in [-0.15, -0.1) is 0 Å². The minimum absolute atomic E-state index is 0.0636. The highest BCUT2D eigenvalue weighted by Crippen LogP contribution is 2.28. The lowest BCUT2D eigenvalue weighted by atomic mass is 10.0. The van der Waals surface area contributed by atoms with E-state index < -0.39 is 17.9 Å². The lowest BCUT2D eigenvalue weighted by Crippen LogP contribution is -2.47. The fraction of sp³-hybridized carbons (Fsp3) is 0.429. The van der Waals surface area contributed by atoms with Gasteiger partial charge in [-0.25, -0.2) is 19.2 Å². The molecule has 31 heavy (non-hydrogen) atoms. The molecule has 2 aromatic rings. The third-order valence-corrected chi connectivity index (χ3v) is 5.80. The molecule has 164 valence electrons. The number of carbonyl (C=O) groups excluding carboxylic acids is 2. The topological polar surface area (TPSA) is 84.9 Å². The number of rotatable bonds is 5. The van der Waals surface area contributed by atoms with Crippen LogP contribution in [0.2, 0.25) is 5.02 Å². The maximum Gasteiger partial charge on any atom is 0.356 e. The molecule has 0 aliphatic carbocycles. The Labute approximate surface area is 183 Å². The number of hydrogen-bond acceptors (Lipinski definition) is 7. The Morgan fingerprint density at radius 1 is 1.16 bits per heavy atom. The van der Waals surface area contributed by atoms with Crippen LogP contribution in [0.5, 0.6) is 5.75 Å². The number of piperidine rings is 1. The second kappa shape index (κ2) is 9.05. The summed E-state index contributed by atoms with van der Waals surface area (Å²) in [5.74, 6) is -0.323. The Bertz CT molecular complexity index is 966. The number of hydrogen-bond donors (Lipinski definition) is 0. The SMILES string of the molecule is COC(=O)c1ccc(O[C@H]2CCN(C3CCN(c4ncc(Cl)cc4F)CC3)C2=O)cn1. The van der Waals surface area contributed by atoms with Gasteiger partial charge in [0.15, 0.2) is 17.7 Å². The Hall–Kier alpha value is -2.94. The molecule has 0 aromatic carbocycles. The molecule has 0 spiro atoms. The van der Waals surface area contributed by atoms with Crippen molar-refractivity contribution >= 4 is 29.3 Å². The van der Waals surface area contributed by atoms with Crippen LogP contribution in [0.3, 0.4) is 0 Å². The van der Waals surface area contributed by atoms with Crippen LogP contribution in [-0.2, 0) is 9.53 Å². The fourth-order valence-corrected chi connectivity index (χ4v) is 4.16. The van der Waals surface area contributed by atoms with Crippen molar-refractivity contribution in [3.8, 4) is 5.75 Å². The van der Waals surface area contributed by atoms with Crippen LogP contribution in [0.4, 0.5) is 10.2 Å². The highest BCUT2D eigenvalue weighted by Gasteiger charge is 2.38. The van der Waals surface area contributed by atoms with Crippen molar-refractivity contribution in [1.29, 1.82) is 0 Å². The fourth-order valence-electron chi connectivity index (χ4n) is 4.02. The van der Waals surface area contributed by atoms with Crippen LogP contribution in [0.15, 0.2) is 30.6 Å². The van der Waals surface area contributed by atoms with Crippen molar-refractivity contribution in [1.82, 2.24) is 14.9 Å². The molecule has 0 radical (unpaired) electrons. The molecule has 10 heteroatoms. The van der Waals surface area contributed by atoms with Crippen molar-refractivity contribution in [2.75, 3.05) is 31.6 Å². The Morgan fingerprint density at radius 3 is 2.58 bits per heavy atom.